The van der Waals surface area contributed by atoms with Crippen LogP contribution in [-0.2, 0) is 26.1 Å². The number of thiophene rings is 1. The van der Waals surface area contributed by atoms with Crippen LogP contribution in [-0.4, -0.2) is 43.5 Å². The first kappa shape index (κ1) is 27.3. The number of carbonyl (C=O) groups is 2. The number of hydrogen-bond donors (Lipinski definition) is 3. The van der Waals surface area contributed by atoms with Gasteiger partial charge < -0.3 is 10.4 Å². The molecule has 0 radical (unpaired) electrons. The van der Waals surface area contributed by atoms with Gasteiger partial charge in [-0.3, -0.25) is 4.79 Å². The lowest BCUT2D eigenvalue weighted by Gasteiger charge is -2.17. The predicted octanol–water partition coefficient (Wildman–Crippen LogP) is 4.62. The number of amides is 1. The Kier molecular flexibility index (Phi) is 10.2. The summed E-state index contributed by atoms with van der Waals surface area (Å²) in [4.78, 5) is 25.6. The fourth-order valence-electron chi connectivity index (χ4n) is 3.22. The number of carbonyl (C=O) groups excluding carboxylic acids is 1. The van der Waals surface area contributed by atoms with E-state index in [1.165, 1.54) is 23.1 Å². The van der Waals surface area contributed by atoms with Crippen molar-refractivity contribution >= 4 is 54.8 Å². The first-order valence-electron chi connectivity index (χ1n) is 10.7. The van der Waals surface area contributed by atoms with E-state index in [-0.39, 0.29) is 12.3 Å². The number of carboxylic acid groups (broad SMARTS) is 1. The molecular formula is C24H26N2O5S4. The van der Waals surface area contributed by atoms with Crippen LogP contribution in [0.3, 0.4) is 0 Å². The van der Waals surface area contributed by atoms with Gasteiger partial charge in [0.15, 0.2) is 0 Å². The zero-order valence-corrected chi connectivity index (χ0v) is 22.2. The van der Waals surface area contributed by atoms with Gasteiger partial charge in [-0.1, -0.05) is 42.5 Å². The molecule has 0 unspecified atom stereocenters. The molecule has 0 fully saturated rings. The van der Waals surface area contributed by atoms with Gasteiger partial charge in [0, 0.05) is 22.7 Å². The van der Waals surface area contributed by atoms with Crippen molar-refractivity contribution in [2.75, 3.05) is 12.0 Å². The molecule has 0 aliphatic carbocycles. The number of hydrogen-bond acceptors (Lipinski definition) is 7. The van der Waals surface area contributed by atoms with Crippen LogP contribution in [0.1, 0.15) is 27.2 Å². The maximum absolute atomic E-state index is 13.1. The number of benzene rings is 2. The number of aliphatic carboxylic acids is 1. The fraction of sp³-hybridized carbons (Fsp3) is 0.250. The summed E-state index contributed by atoms with van der Waals surface area (Å²) in [5.74, 6) is -0.773. The van der Waals surface area contributed by atoms with Gasteiger partial charge in [0.1, 0.15) is 6.04 Å². The van der Waals surface area contributed by atoms with Gasteiger partial charge in [0.05, 0.1) is 0 Å². The van der Waals surface area contributed by atoms with E-state index in [1.54, 1.807) is 18.2 Å². The van der Waals surface area contributed by atoms with Crippen molar-refractivity contribution < 1.29 is 23.1 Å². The van der Waals surface area contributed by atoms with E-state index in [1.807, 2.05) is 54.1 Å². The maximum Gasteiger partial charge on any atom is 0.326 e. The third-order valence-corrected chi connectivity index (χ3v) is 9.43. The molecule has 35 heavy (non-hydrogen) atoms. The highest BCUT2D eigenvalue weighted by Crippen LogP contribution is 2.28. The van der Waals surface area contributed by atoms with Crippen LogP contribution in [0, 0.1) is 0 Å². The molecular weight excluding hydrogens is 525 g/mol. The molecule has 1 aromatic heterocycles. The number of thioether (sulfide) groups is 1. The van der Waals surface area contributed by atoms with Crippen molar-refractivity contribution in [3.05, 3.63) is 82.0 Å². The molecule has 186 valence electrons. The van der Waals surface area contributed by atoms with Gasteiger partial charge in [-0.05, 0) is 69.5 Å². The molecule has 11 heteroatoms. The molecule has 0 bridgehead atoms. The highest BCUT2D eigenvalue weighted by molar-refractivity contribution is 8.71. The standard InChI is InChI=1S/C24H26N2O5S4/c1-32-13-11-22(24(28)29)26-23(27)20-10-9-17(14-21(20)18-6-3-2-4-7-18)16-34-35(30,31)25-15-19-8-5-12-33-19/h2-10,12,14,22,25H,11,13,15-16H2,1H3,(H,26,27)(H,28,29)/t22-/m0/s1. The van der Waals surface area contributed by atoms with Crippen molar-refractivity contribution in [1.29, 1.82) is 0 Å². The lowest BCUT2D eigenvalue weighted by molar-refractivity contribution is -0.139. The Morgan fingerprint density at radius 1 is 1.09 bits per heavy atom. The molecule has 0 aliphatic heterocycles. The molecule has 0 spiro atoms. The minimum Gasteiger partial charge on any atom is -0.480 e. The second kappa shape index (κ2) is 13.1. The van der Waals surface area contributed by atoms with Crippen LogP contribution < -0.4 is 10.0 Å². The van der Waals surface area contributed by atoms with Crippen LogP contribution in [0.5, 0.6) is 0 Å². The molecule has 3 aromatic rings. The first-order chi connectivity index (χ1) is 16.8. The zero-order chi connectivity index (χ0) is 25.3. The molecule has 1 atom stereocenters. The van der Waals surface area contributed by atoms with E-state index in [0.717, 1.165) is 26.8 Å². The Bertz CT molecular complexity index is 1230. The van der Waals surface area contributed by atoms with Crippen LogP contribution in [0.15, 0.2) is 66.0 Å². The largest absolute Gasteiger partial charge is 0.480 e. The molecule has 7 nitrogen and oxygen atoms in total. The van der Waals surface area contributed by atoms with Crippen molar-refractivity contribution in [3.63, 3.8) is 0 Å². The van der Waals surface area contributed by atoms with E-state index in [2.05, 4.69) is 10.0 Å². The minimum atomic E-state index is -3.57. The maximum atomic E-state index is 13.1. The van der Waals surface area contributed by atoms with E-state index in [9.17, 15) is 23.1 Å². The lowest BCUT2D eigenvalue weighted by Crippen LogP contribution is -2.41. The number of carboxylic acids is 1. The topological polar surface area (TPSA) is 113 Å². The van der Waals surface area contributed by atoms with Crippen LogP contribution in [0.2, 0.25) is 0 Å². The normalized spacial score (nSPS) is 12.3. The Labute approximate surface area is 217 Å². The number of rotatable bonds is 13. The summed E-state index contributed by atoms with van der Waals surface area (Å²) in [6.45, 7) is 0.239. The van der Waals surface area contributed by atoms with Gasteiger partial charge >= 0.3 is 5.97 Å². The molecule has 1 heterocycles. The van der Waals surface area contributed by atoms with Gasteiger partial charge in [0.2, 0.25) is 0 Å². The Balaban J connectivity index is 1.79. The first-order valence-corrected chi connectivity index (χ1v) is 15.9. The molecule has 3 rings (SSSR count). The van der Waals surface area contributed by atoms with E-state index < -0.39 is 27.0 Å². The molecule has 2 aromatic carbocycles. The summed E-state index contributed by atoms with van der Waals surface area (Å²) >= 11 is 2.99. The third-order valence-electron chi connectivity index (χ3n) is 5.01. The Hall–Kier alpha value is -2.31. The monoisotopic (exact) mass is 550 g/mol. The summed E-state index contributed by atoms with van der Waals surface area (Å²) in [6.07, 6.45) is 2.19. The summed E-state index contributed by atoms with van der Waals surface area (Å²) in [7, 11) is -2.79. The molecule has 0 aliphatic rings. The summed E-state index contributed by atoms with van der Waals surface area (Å²) in [6, 6.07) is 17.1. The van der Waals surface area contributed by atoms with Gasteiger partial charge in [-0.15, -0.1) is 11.3 Å². The number of nitrogens with one attached hydrogen (secondary N) is 2. The molecule has 0 saturated heterocycles. The Morgan fingerprint density at radius 3 is 2.51 bits per heavy atom. The lowest BCUT2D eigenvalue weighted by atomic mass is 9.97. The molecule has 1 amide bonds. The highest BCUT2D eigenvalue weighted by atomic mass is 33.1. The van der Waals surface area contributed by atoms with Gasteiger partial charge in [-0.2, -0.15) is 11.8 Å². The van der Waals surface area contributed by atoms with E-state index in [0.29, 0.717) is 23.3 Å². The van der Waals surface area contributed by atoms with Gasteiger partial charge in [0.25, 0.3) is 15.0 Å². The van der Waals surface area contributed by atoms with Crippen molar-refractivity contribution in [2.24, 2.45) is 0 Å². The van der Waals surface area contributed by atoms with Crippen molar-refractivity contribution in [2.45, 2.75) is 24.8 Å². The Morgan fingerprint density at radius 2 is 1.86 bits per heavy atom. The molecule has 0 saturated carbocycles. The zero-order valence-electron chi connectivity index (χ0n) is 19.0. The second-order valence-corrected chi connectivity index (χ2v) is 13.3. The van der Waals surface area contributed by atoms with E-state index >= 15 is 0 Å². The van der Waals surface area contributed by atoms with E-state index in [4.69, 9.17) is 0 Å². The quantitative estimate of drug-likeness (QED) is 0.266. The smallest absolute Gasteiger partial charge is 0.326 e. The highest BCUT2D eigenvalue weighted by Gasteiger charge is 2.22. The SMILES string of the molecule is CSCC[C@H](NC(=O)c1ccc(CSS(=O)(=O)NCc2cccs2)cc1-c1ccccc1)C(=O)O. The summed E-state index contributed by atoms with van der Waals surface area (Å²) < 4.78 is 27.5. The van der Waals surface area contributed by atoms with Crippen molar-refractivity contribution in [1.82, 2.24) is 10.0 Å². The van der Waals surface area contributed by atoms with Gasteiger partial charge in [-0.25, -0.2) is 17.9 Å². The van der Waals surface area contributed by atoms with Crippen LogP contribution >= 0.6 is 33.9 Å². The minimum absolute atomic E-state index is 0.187. The van der Waals surface area contributed by atoms with Crippen LogP contribution in [0.4, 0.5) is 0 Å². The van der Waals surface area contributed by atoms with Crippen molar-refractivity contribution in [3.8, 4) is 11.1 Å². The molecule has 3 N–H and O–H groups in total. The fourth-order valence-corrected chi connectivity index (χ4v) is 6.62. The average Bonchev–Trinajstić information content (AvgIpc) is 3.38. The van der Waals surface area contributed by atoms with Crippen LogP contribution in [0.25, 0.3) is 11.1 Å². The second-order valence-electron chi connectivity index (χ2n) is 7.51. The average molecular weight is 551 g/mol. The third kappa shape index (κ3) is 8.39. The predicted molar refractivity (Wildman–Crippen MR) is 145 cm³/mol. The summed E-state index contributed by atoms with van der Waals surface area (Å²) in [5.41, 5.74) is 2.45. The summed E-state index contributed by atoms with van der Waals surface area (Å²) in [5, 5.41) is 14.0.